The van der Waals surface area contributed by atoms with Gasteiger partial charge in [0.25, 0.3) is 0 Å². The van der Waals surface area contributed by atoms with Crippen LogP contribution in [-0.2, 0) is 0 Å². The van der Waals surface area contributed by atoms with Gasteiger partial charge in [-0.2, -0.15) is 0 Å². The van der Waals surface area contributed by atoms with Crippen molar-refractivity contribution in [1.82, 2.24) is 5.32 Å². The van der Waals surface area contributed by atoms with Crippen LogP contribution in [0.2, 0.25) is 0 Å². The van der Waals surface area contributed by atoms with Crippen LogP contribution < -0.4 is 11.1 Å². The lowest BCUT2D eigenvalue weighted by Gasteiger charge is -2.12. The van der Waals surface area contributed by atoms with E-state index in [1.807, 2.05) is 0 Å². The largest absolute Gasteiger partial charge is 0.370 e. The molecule has 0 unspecified atom stereocenters. The lowest BCUT2D eigenvalue weighted by Crippen LogP contribution is -2.31. The van der Waals surface area contributed by atoms with E-state index in [9.17, 15) is 0 Å². The van der Waals surface area contributed by atoms with E-state index in [0.29, 0.717) is 0 Å². The normalized spacial score (nSPS) is 16.8. The highest BCUT2D eigenvalue weighted by Gasteiger charge is 2.02. The minimum Gasteiger partial charge on any atom is -0.370 e. The van der Waals surface area contributed by atoms with Crippen LogP contribution in [0.1, 0.15) is 32.1 Å². The maximum Gasteiger partial charge on any atom is 0.185 e. The first-order valence-electron chi connectivity index (χ1n) is 4.55. The number of allylic oxidation sites excluding steroid dienone is 1. The smallest absolute Gasteiger partial charge is 0.185 e. The molecular weight excluding hydrogens is 150 g/mol. The van der Waals surface area contributed by atoms with Gasteiger partial charge in [-0.25, -0.2) is 0 Å². The number of nitrogens with one attached hydrogen (secondary N) is 2. The zero-order valence-corrected chi connectivity index (χ0v) is 7.40. The maximum absolute atomic E-state index is 6.96. The first kappa shape index (κ1) is 9.10. The molecule has 68 valence electrons. The molecule has 12 heavy (non-hydrogen) atoms. The number of hydrogen-bond acceptors (Lipinski definition) is 1. The predicted octanol–water partition coefficient (Wildman–Crippen LogP) is 1.36. The summed E-state index contributed by atoms with van der Waals surface area (Å²) in [5, 5.41) is 9.77. The SMILES string of the molecule is N=C(N)NCCC1=CCCCC1. The molecule has 0 heterocycles. The van der Waals surface area contributed by atoms with Crippen LogP contribution in [-0.4, -0.2) is 12.5 Å². The summed E-state index contributed by atoms with van der Waals surface area (Å²) in [5.41, 5.74) is 6.68. The van der Waals surface area contributed by atoms with E-state index < -0.39 is 0 Å². The van der Waals surface area contributed by atoms with Crippen molar-refractivity contribution in [2.75, 3.05) is 6.54 Å². The van der Waals surface area contributed by atoms with Crippen molar-refractivity contribution in [1.29, 1.82) is 5.41 Å². The fraction of sp³-hybridized carbons (Fsp3) is 0.667. The third kappa shape index (κ3) is 3.42. The molecule has 0 aliphatic heterocycles. The summed E-state index contributed by atoms with van der Waals surface area (Å²) < 4.78 is 0. The van der Waals surface area contributed by atoms with Crippen LogP contribution >= 0.6 is 0 Å². The first-order chi connectivity index (χ1) is 5.79. The predicted molar refractivity (Wildman–Crippen MR) is 51.1 cm³/mol. The van der Waals surface area contributed by atoms with Crippen LogP contribution in [0, 0.1) is 5.41 Å². The molecule has 1 aliphatic rings. The molecule has 3 heteroatoms. The Kier molecular flexibility index (Phi) is 3.64. The molecule has 0 saturated heterocycles. The lowest BCUT2D eigenvalue weighted by molar-refractivity contribution is 0.668. The number of hydrogen-bond donors (Lipinski definition) is 3. The molecule has 0 bridgehead atoms. The minimum atomic E-state index is 0.0754. The third-order valence-electron chi connectivity index (χ3n) is 2.15. The van der Waals surface area contributed by atoms with Crippen LogP contribution in [0.3, 0.4) is 0 Å². The Morgan fingerprint density at radius 3 is 3.00 bits per heavy atom. The molecular formula is C9H17N3. The fourth-order valence-corrected chi connectivity index (χ4v) is 1.49. The highest BCUT2D eigenvalue weighted by atomic mass is 15.0. The molecule has 3 nitrogen and oxygen atoms in total. The average Bonchev–Trinajstić information content (AvgIpc) is 2.05. The second kappa shape index (κ2) is 4.80. The van der Waals surface area contributed by atoms with Crippen molar-refractivity contribution < 1.29 is 0 Å². The average molecular weight is 167 g/mol. The van der Waals surface area contributed by atoms with Crippen molar-refractivity contribution in [3.05, 3.63) is 11.6 Å². The molecule has 4 N–H and O–H groups in total. The summed E-state index contributed by atoms with van der Waals surface area (Å²) in [6.45, 7) is 0.807. The zero-order valence-electron chi connectivity index (χ0n) is 7.40. The van der Waals surface area contributed by atoms with Crippen molar-refractivity contribution in [2.45, 2.75) is 32.1 Å². The Labute approximate surface area is 73.5 Å². The zero-order chi connectivity index (χ0) is 8.81. The number of guanidine groups is 1. The summed E-state index contributed by atoms with van der Waals surface area (Å²) in [5.74, 6) is 0.0754. The standard InChI is InChI=1S/C9H17N3/c10-9(11)12-7-6-8-4-2-1-3-5-8/h4H,1-3,5-7H2,(H4,10,11,12). The highest BCUT2D eigenvalue weighted by molar-refractivity contribution is 5.74. The number of nitrogens with two attached hydrogens (primary N) is 1. The third-order valence-corrected chi connectivity index (χ3v) is 2.15. The van der Waals surface area contributed by atoms with E-state index in [4.69, 9.17) is 11.1 Å². The van der Waals surface area contributed by atoms with Crippen molar-refractivity contribution >= 4 is 5.96 Å². The monoisotopic (exact) mass is 167 g/mol. The molecule has 0 aromatic rings. The van der Waals surface area contributed by atoms with Gasteiger partial charge >= 0.3 is 0 Å². The number of rotatable bonds is 3. The molecule has 1 rings (SSSR count). The van der Waals surface area contributed by atoms with Gasteiger partial charge in [0.1, 0.15) is 0 Å². The van der Waals surface area contributed by atoms with Crippen molar-refractivity contribution in [2.24, 2.45) is 5.73 Å². The van der Waals surface area contributed by atoms with E-state index in [1.165, 1.54) is 31.3 Å². The Balaban J connectivity index is 2.13. The topological polar surface area (TPSA) is 61.9 Å². The second-order valence-corrected chi connectivity index (χ2v) is 3.20. The van der Waals surface area contributed by atoms with E-state index in [-0.39, 0.29) is 5.96 Å². The van der Waals surface area contributed by atoms with Crippen LogP contribution in [0.5, 0.6) is 0 Å². The van der Waals surface area contributed by atoms with Gasteiger partial charge in [-0.1, -0.05) is 11.6 Å². The van der Waals surface area contributed by atoms with E-state index in [1.54, 1.807) is 0 Å². The first-order valence-corrected chi connectivity index (χ1v) is 4.55. The Morgan fingerprint density at radius 1 is 1.58 bits per heavy atom. The Morgan fingerprint density at radius 2 is 2.42 bits per heavy atom. The molecule has 0 aromatic carbocycles. The Hall–Kier alpha value is -0.990. The molecule has 0 amide bonds. The van der Waals surface area contributed by atoms with Gasteiger partial charge in [0.2, 0.25) is 0 Å². The maximum atomic E-state index is 6.96. The lowest BCUT2D eigenvalue weighted by atomic mass is 9.97. The van der Waals surface area contributed by atoms with E-state index >= 15 is 0 Å². The van der Waals surface area contributed by atoms with E-state index in [2.05, 4.69) is 11.4 Å². The molecule has 0 atom stereocenters. The van der Waals surface area contributed by atoms with Crippen LogP contribution in [0.25, 0.3) is 0 Å². The summed E-state index contributed by atoms with van der Waals surface area (Å²) in [4.78, 5) is 0. The fourth-order valence-electron chi connectivity index (χ4n) is 1.49. The van der Waals surface area contributed by atoms with Crippen molar-refractivity contribution in [3.8, 4) is 0 Å². The van der Waals surface area contributed by atoms with Gasteiger partial charge in [-0.3, -0.25) is 5.41 Å². The van der Waals surface area contributed by atoms with Crippen molar-refractivity contribution in [3.63, 3.8) is 0 Å². The quantitative estimate of drug-likeness (QED) is 0.337. The molecule has 0 aromatic heterocycles. The van der Waals surface area contributed by atoms with Crippen LogP contribution in [0.4, 0.5) is 0 Å². The summed E-state index contributed by atoms with van der Waals surface area (Å²) >= 11 is 0. The molecule has 0 saturated carbocycles. The van der Waals surface area contributed by atoms with E-state index in [0.717, 1.165) is 13.0 Å². The second-order valence-electron chi connectivity index (χ2n) is 3.20. The summed E-state index contributed by atoms with van der Waals surface area (Å²) in [7, 11) is 0. The minimum absolute atomic E-state index is 0.0754. The highest BCUT2D eigenvalue weighted by Crippen LogP contribution is 2.19. The molecule has 0 spiro atoms. The van der Waals surface area contributed by atoms with Gasteiger partial charge in [0, 0.05) is 6.54 Å². The van der Waals surface area contributed by atoms with Gasteiger partial charge in [0.15, 0.2) is 5.96 Å². The summed E-state index contributed by atoms with van der Waals surface area (Å²) in [6, 6.07) is 0. The van der Waals surface area contributed by atoms with Gasteiger partial charge in [-0.15, -0.1) is 0 Å². The molecule has 0 radical (unpaired) electrons. The summed E-state index contributed by atoms with van der Waals surface area (Å²) in [6.07, 6.45) is 8.50. The van der Waals surface area contributed by atoms with Gasteiger partial charge in [-0.05, 0) is 32.1 Å². The van der Waals surface area contributed by atoms with Gasteiger partial charge < -0.3 is 11.1 Å². The molecule has 0 fully saturated rings. The Bertz CT molecular complexity index is 184. The van der Waals surface area contributed by atoms with Gasteiger partial charge in [0.05, 0.1) is 0 Å². The molecule has 1 aliphatic carbocycles. The van der Waals surface area contributed by atoms with Crippen LogP contribution in [0.15, 0.2) is 11.6 Å².